The molecule has 3 rings (SSSR count). The van der Waals surface area contributed by atoms with Gasteiger partial charge in [0.15, 0.2) is 23.0 Å². The minimum Gasteiger partial charge on any atom is -0.493 e. The van der Waals surface area contributed by atoms with Gasteiger partial charge < -0.3 is 28.4 Å². The van der Waals surface area contributed by atoms with Gasteiger partial charge in [0.05, 0.1) is 40.3 Å². The smallest absolute Gasteiger partial charge is 0.313 e. The van der Waals surface area contributed by atoms with Crippen molar-refractivity contribution >= 4 is 11.9 Å². The molecule has 0 saturated carbocycles. The molecule has 10 nitrogen and oxygen atoms in total. The van der Waals surface area contributed by atoms with Crippen molar-refractivity contribution in [1.29, 1.82) is 0 Å². The lowest BCUT2D eigenvalue weighted by atomic mass is 9.94. The van der Waals surface area contributed by atoms with Crippen LogP contribution in [0.4, 0.5) is 0 Å². The van der Waals surface area contributed by atoms with E-state index in [1.807, 2.05) is 36.4 Å². The second-order valence-corrected chi connectivity index (χ2v) is 10.9. The lowest BCUT2D eigenvalue weighted by Gasteiger charge is -2.34. The Morgan fingerprint density at radius 1 is 0.614 bits per heavy atom. The topological polar surface area (TPSA) is 96.0 Å². The zero-order chi connectivity index (χ0) is 31.9. The van der Waals surface area contributed by atoms with Gasteiger partial charge in [-0.1, -0.05) is 38.8 Å². The highest BCUT2D eigenvalue weighted by Crippen LogP contribution is 2.34. The molecule has 1 aliphatic heterocycles. The molecular weight excluding hydrogens is 564 g/mol. The number of benzene rings is 2. The summed E-state index contributed by atoms with van der Waals surface area (Å²) in [6.07, 6.45) is 3.12. The monoisotopic (exact) mass is 614 g/mol. The van der Waals surface area contributed by atoms with Gasteiger partial charge in [0.2, 0.25) is 0 Å². The number of piperazine rings is 1. The molecule has 0 aliphatic carbocycles. The molecule has 2 atom stereocenters. The van der Waals surface area contributed by atoms with Crippen LogP contribution in [0.25, 0.3) is 0 Å². The van der Waals surface area contributed by atoms with Crippen LogP contribution in [0.15, 0.2) is 36.4 Å². The number of ether oxygens (including phenoxy) is 6. The van der Waals surface area contributed by atoms with Crippen LogP contribution >= 0.6 is 0 Å². The quantitative estimate of drug-likeness (QED) is 0.216. The lowest BCUT2D eigenvalue weighted by molar-refractivity contribution is -0.147. The van der Waals surface area contributed by atoms with E-state index >= 15 is 0 Å². The van der Waals surface area contributed by atoms with Crippen LogP contribution in [-0.2, 0) is 19.1 Å². The predicted octanol–water partition coefficient (Wildman–Crippen LogP) is 4.89. The summed E-state index contributed by atoms with van der Waals surface area (Å²) in [6.45, 7) is 9.64. The second kappa shape index (κ2) is 18.3. The number of rotatable bonds is 18. The van der Waals surface area contributed by atoms with Crippen LogP contribution < -0.4 is 18.9 Å². The first-order chi connectivity index (χ1) is 21.4. The number of esters is 2. The summed E-state index contributed by atoms with van der Waals surface area (Å²) in [5.74, 6) is 1.35. The van der Waals surface area contributed by atoms with Crippen LogP contribution in [0.1, 0.15) is 62.5 Å². The number of nitrogens with zero attached hydrogens (tertiary/aromatic N) is 2. The maximum Gasteiger partial charge on any atom is 0.313 e. The zero-order valence-electron chi connectivity index (χ0n) is 27.3. The van der Waals surface area contributed by atoms with Gasteiger partial charge >= 0.3 is 11.9 Å². The zero-order valence-corrected chi connectivity index (χ0v) is 27.3. The molecule has 244 valence electrons. The van der Waals surface area contributed by atoms with Crippen molar-refractivity contribution in [2.75, 3.05) is 80.9 Å². The number of hydrogen-bond donors (Lipinski definition) is 0. The molecule has 2 aromatic carbocycles. The summed E-state index contributed by atoms with van der Waals surface area (Å²) >= 11 is 0. The van der Waals surface area contributed by atoms with E-state index in [0.717, 1.165) is 50.1 Å². The van der Waals surface area contributed by atoms with Gasteiger partial charge in [-0.15, -0.1) is 0 Å². The molecule has 0 aromatic heterocycles. The molecular formula is C34H50N2O8. The number of hydrogen-bond acceptors (Lipinski definition) is 10. The fourth-order valence-corrected chi connectivity index (χ4v) is 5.55. The third-order valence-corrected chi connectivity index (χ3v) is 8.11. The Balaban J connectivity index is 1.41. The largest absolute Gasteiger partial charge is 0.493 e. The molecule has 0 radical (unpaired) electrons. The van der Waals surface area contributed by atoms with Gasteiger partial charge in [-0.05, 0) is 48.2 Å². The SMILES string of the molecule is CCCC(C(=O)OCCN1CCN(CCOC(=O)C(CCC)c2ccc(OC)c(OC)c2)CC1)c1ccc(OC)c(OC)c1. The minimum atomic E-state index is -0.344. The van der Waals surface area contributed by atoms with Crippen LogP contribution in [0, 0.1) is 0 Å². The standard InChI is InChI=1S/C34H50N2O8/c1-7-9-27(25-11-13-29(39-3)31(23-25)41-5)33(37)43-21-19-35-15-17-36(18-16-35)20-22-44-34(38)28(10-8-2)26-12-14-30(40-4)32(24-26)42-6/h11-14,23-24,27-28H,7-10,15-22H2,1-6H3. The van der Waals surface area contributed by atoms with Crippen molar-refractivity contribution in [2.45, 2.75) is 51.4 Å². The molecule has 2 unspecified atom stereocenters. The van der Waals surface area contributed by atoms with Crippen molar-refractivity contribution in [1.82, 2.24) is 9.80 Å². The van der Waals surface area contributed by atoms with Gasteiger partial charge in [0.25, 0.3) is 0 Å². The molecule has 0 N–H and O–H groups in total. The Morgan fingerprint density at radius 2 is 0.977 bits per heavy atom. The van der Waals surface area contributed by atoms with Crippen molar-refractivity contribution in [3.05, 3.63) is 47.5 Å². The first-order valence-electron chi connectivity index (χ1n) is 15.6. The maximum atomic E-state index is 13.0. The molecule has 0 amide bonds. The highest BCUT2D eigenvalue weighted by molar-refractivity contribution is 5.79. The average Bonchev–Trinajstić information content (AvgIpc) is 3.05. The van der Waals surface area contributed by atoms with Crippen molar-refractivity contribution < 1.29 is 38.0 Å². The van der Waals surface area contributed by atoms with Gasteiger partial charge in [0.1, 0.15) is 13.2 Å². The highest BCUT2D eigenvalue weighted by atomic mass is 16.5. The second-order valence-electron chi connectivity index (χ2n) is 10.9. The summed E-state index contributed by atoms with van der Waals surface area (Å²) < 4.78 is 33.0. The van der Waals surface area contributed by atoms with Crippen molar-refractivity contribution in [2.24, 2.45) is 0 Å². The van der Waals surface area contributed by atoms with Crippen LogP contribution in [-0.4, -0.2) is 103 Å². The summed E-state index contributed by atoms with van der Waals surface area (Å²) in [7, 11) is 6.36. The lowest BCUT2D eigenvalue weighted by Crippen LogP contribution is -2.48. The van der Waals surface area contributed by atoms with Crippen LogP contribution in [0.3, 0.4) is 0 Å². The molecule has 2 aromatic rings. The average molecular weight is 615 g/mol. The van der Waals surface area contributed by atoms with Gasteiger partial charge in [-0.2, -0.15) is 0 Å². The van der Waals surface area contributed by atoms with E-state index < -0.39 is 0 Å². The molecule has 1 aliphatic rings. The first kappa shape index (κ1) is 35.0. The fraction of sp³-hybridized carbons (Fsp3) is 0.588. The van der Waals surface area contributed by atoms with E-state index in [-0.39, 0.29) is 23.8 Å². The molecule has 10 heteroatoms. The van der Waals surface area contributed by atoms with Gasteiger partial charge in [-0.25, -0.2) is 0 Å². The molecule has 0 spiro atoms. The Kier molecular flexibility index (Phi) is 14.6. The number of methoxy groups -OCH3 is 4. The minimum absolute atomic E-state index is 0.214. The Morgan fingerprint density at radius 3 is 1.30 bits per heavy atom. The Bertz CT molecular complexity index is 1090. The summed E-state index contributed by atoms with van der Waals surface area (Å²) in [6, 6.07) is 11.2. The Labute approximate surface area is 262 Å². The maximum absolute atomic E-state index is 13.0. The Hall–Kier alpha value is -3.50. The summed E-state index contributed by atoms with van der Waals surface area (Å²) in [4.78, 5) is 30.6. The van der Waals surface area contributed by atoms with E-state index in [2.05, 4.69) is 23.6 Å². The van der Waals surface area contributed by atoms with Gasteiger partial charge in [0, 0.05) is 39.3 Å². The van der Waals surface area contributed by atoms with E-state index in [9.17, 15) is 9.59 Å². The van der Waals surface area contributed by atoms with Crippen LogP contribution in [0.5, 0.6) is 23.0 Å². The van der Waals surface area contributed by atoms with Crippen molar-refractivity contribution in [3.8, 4) is 23.0 Å². The van der Waals surface area contributed by atoms with Gasteiger partial charge in [-0.3, -0.25) is 19.4 Å². The molecule has 1 heterocycles. The third kappa shape index (κ3) is 9.75. The molecule has 44 heavy (non-hydrogen) atoms. The first-order valence-corrected chi connectivity index (χ1v) is 15.6. The molecule has 1 saturated heterocycles. The fourth-order valence-electron chi connectivity index (χ4n) is 5.55. The van der Waals surface area contributed by atoms with Crippen molar-refractivity contribution in [3.63, 3.8) is 0 Å². The van der Waals surface area contributed by atoms with E-state index in [1.165, 1.54) is 0 Å². The molecule has 1 fully saturated rings. The highest BCUT2D eigenvalue weighted by Gasteiger charge is 2.25. The number of carbonyl (C=O) groups is 2. The summed E-state index contributed by atoms with van der Waals surface area (Å²) in [5, 5.41) is 0. The van der Waals surface area contributed by atoms with Crippen LogP contribution in [0.2, 0.25) is 0 Å². The van der Waals surface area contributed by atoms with E-state index in [4.69, 9.17) is 28.4 Å². The molecule has 0 bridgehead atoms. The number of carbonyl (C=O) groups excluding carboxylic acids is 2. The normalized spacial score (nSPS) is 15.2. The van der Waals surface area contributed by atoms with E-state index in [0.29, 0.717) is 62.1 Å². The van der Waals surface area contributed by atoms with E-state index in [1.54, 1.807) is 28.4 Å². The third-order valence-electron chi connectivity index (χ3n) is 8.11. The summed E-state index contributed by atoms with van der Waals surface area (Å²) in [5.41, 5.74) is 1.74. The predicted molar refractivity (Wildman–Crippen MR) is 169 cm³/mol.